The Morgan fingerprint density at radius 3 is 2.75 bits per heavy atom. The number of nitrogens with zero attached hydrogens (tertiary/aromatic N) is 3. The van der Waals surface area contributed by atoms with Gasteiger partial charge >= 0.3 is 0 Å². The summed E-state index contributed by atoms with van der Waals surface area (Å²) in [5, 5.41) is 0.756. The largest absolute Gasteiger partial charge is 0.351 e. The third-order valence-corrected chi connectivity index (χ3v) is 9.08. The molecule has 4 rings (SSSR count). The smallest absolute Gasteiger partial charge is 0.243 e. The Labute approximate surface area is 223 Å². The first kappa shape index (κ1) is 28.4. The molecule has 1 aromatic carbocycles. The number of aromatic nitrogens is 3. The van der Waals surface area contributed by atoms with Gasteiger partial charge < -0.3 is 9.88 Å². The number of para-hydroxylation sites is 1. The van der Waals surface area contributed by atoms with E-state index in [1.165, 1.54) is 0 Å². The minimum atomic E-state index is -3.97. The lowest BCUT2D eigenvalue weighted by atomic mass is 9.94. The molecule has 3 aromatic rings. The molecule has 0 saturated carbocycles. The summed E-state index contributed by atoms with van der Waals surface area (Å²) >= 11 is 1.63. The SMILES string of the molecule is CCC1CCN(C(=O)[C@H](CCSCc2c[nH]cn2)NS(=O)(=O)c2cccc3cc(C)cnc23)CC1.Cl. The predicted molar refractivity (Wildman–Crippen MR) is 147 cm³/mol. The van der Waals surface area contributed by atoms with Gasteiger partial charge in [0.1, 0.15) is 10.9 Å². The zero-order chi connectivity index (χ0) is 24.8. The van der Waals surface area contributed by atoms with Crippen molar-refractivity contribution in [2.45, 2.75) is 56.2 Å². The summed E-state index contributed by atoms with van der Waals surface area (Å²) < 4.78 is 29.7. The molecular weight excluding hydrogens is 518 g/mol. The number of thioether (sulfide) groups is 1. The van der Waals surface area contributed by atoms with E-state index >= 15 is 0 Å². The van der Waals surface area contributed by atoms with Gasteiger partial charge in [-0.2, -0.15) is 16.5 Å². The number of aryl methyl sites for hydroxylation is 1. The van der Waals surface area contributed by atoms with Crippen molar-refractivity contribution in [1.82, 2.24) is 24.6 Å². The van der Waals surface area contributed by atoms with Crippen LogP contribution in [-0.4, -0.2) is 59.1 Å². The number of carbonyl (C=O) groups excluding carboxylic acids is 1. The number of likely N-dealkylation sites (tertiary alicyclic amines) is 1. The third-order valence-electron chi connectivity index (χ3n) is 6.55. The van der Waals surface area contributed by atoms with Crippen LogP contribution in [0.3, 0.4) is 0 Å². The number of hydrogen-bond acceptors (Lipinski definition) is 6. The summed E-state index contributed by atoms with van der Waals surface area (Å²) in [6.07, 6.45) is 8.56. The average molecular weight is 552 g/mol. The molecule has 1 amide bonds. The summed E-state index contributed by atoms with van der Waals surface area (Å²) in [4.78, 5) is 26.9. The Morgan fingerprint density at radius 2 is 2.06 bits per heavy atom. The van der Waals surface area contributed by atoms with Crippen LogP contribution < -0.4 is 4.72 Å². The number of amides is 1. The first-order chi connectivity index (χ1) is 16.9. The fourth-order valence-electron chi connectivity index (χ4n) is 4.47. The quantitative estimate of drug-likeness (QED) is 0.364. The number of imidazole rings is 1. The van der Waals surface area contributed by atoms with Gasteiger partial charge in [0, 0.05) is 36.6 Å². The number of aromatic amines is 1. The zero-order valence-electron chi connectivity index (χ0n) is 20.6. The van der Waals surface area contributed by atoms with Gasteiger partial charge in [-0.15, -0.1) is 12.4 Å². The topological polar surface area (TPSA) is 108 Å². The Balaban J connectivity index is 0.00000361. The Hall–Kier alpha value is -2.14. The number of sulfonamides is 1. The molecule has 36 heavy (non-hydrogen) atoms. The monoisotopic (exact) mass is 551 g/mol. The van der Waals surface area contributed by atoms with Crippen LogP contribution in [0.4, 0.5) is 0 Å². The molecule has 0 spiro atoms. The first-order valence-corrected chi connectivity index (χ1v) is 14.7. The van der Waals surface area contributed by atoms with E-state index in [4.69, 9.17) is 0 Å². The normalized spacial score (nSPS) is 15.6. The number of H-pyrrole nitrogens is 1. The molecule has 196 valence electrons. The van der Waals surface area contributed by atoms with E-state index in [2.05, 4.69) is 26.6 Å². The van der Waals surface area contributed by atoms with Crippen molar-refractivity contribution in [1.29, 1.82) is 0 Å². The molecule has 1 aliphatic heterocycles. The molecule has 11 heteroatoms. The number of pyridine rings is 1. The fraction of sp³-hybridized carbons (Fsp3) is 0.480. The van der Waals surface area contributed by atoms with Gasteiger partial charge in [0.15, 0.2) is 0 Å². The van der Waals surface area contributed by atoms with Crippen molar-refractivity contribution in [3.05, 3.63) is 54.2 Å². The minimum absolute atomic E-state index is 0. The fourth-order valence-corrected chi connectivity index (χ4v) is 6.79. The van der Waals surface area contributed by atoms with E-state index in [9.17, 15) is 13.2 Å². The second-order valence-corrected chi connectivity index (χ2v) is 11.9. The molecule has 8 nitrogen and oxygen atoms in total. The number of hydrogen-bond donors (Lipinski definition) is 2. The van der Waals surface area contributed by atoms with Gasteiger partial charge in [0.2, 0.25) is 15.9 Å². The second-order valence-electron chi connectivity index (χ2n) is 9.09. The summed E-state index contributed by atoms with van der Waals surface area (Å²) in [6, 6.07) is 6.19. The van der Waals surface area contributed by atoms with Crippen molar-refractivity contribution in [2.24, 2.45) is 5.92 Å². The molecule has 1 aliphatic rings. The number of piperidine rings is 1. The van der Waals surface area contributed by atoms with E-state index in [1.807, 2.05) is 30.2 Å². The van der Waals surface area contributed by atoms with Gasteiger partial charge in [0.25, 0.3) is 0 Å². The number of fused-ring (bicyclic) bond motifs is 1. The number of rotatable bonds is 10. The second kappa shape index (κ2) is 12.9. The minimum Gasteiger partial charge on any atom is -0.351 e. The van der Waals surface area contributed by atoms with Crippen LogP contribution in [0, 0.1) is 12.8 Å². The van der Waals surface area contributed by atoms with Gasteiger partial charge in [-0.1, -0.05) is 25.5 Å². The maximum atomic E-state index is 13.5. The van der Waals surface area contributed by atoms with Crippen molar-refractivity contribution in [3.63, 3.8) is 0 Å². The summed E-state index contributed by atoms with van der Waals surface area (Å²) in [5.41, 5.74) is 2.29. The van der Waals surface area contributed by atoms with Crippen LogP contribution in [-0.2, 0) is 20.6 Å². The molecule has 0 bridgehead atoms. The molecule has 0 radical (unpaired) electrons. The number of benzene rings is 1. The Bertz CT molecular complexity index is 1250. The number of halogens is 1. The molecule has 0 unspecified atom stereocenters. The highest BCUT2D eigenvalue weighted by molar-refractivity contribution is 7.98. The first-order valence-electron chi connectivity index (χ1n) is 12.1. The van der Waals surface area contributed by atoms with Crippen molar-refractivity contribution < 1.29 is 13.2 Å². The number of carbonyl (C=O) groups is 1. The lowest BCUT2D eigenvalue weighted by molar-refractivity contribution is -0.134. The van der Waals surface area contributed by atoms with E-state index < -0.39 is 16.1 Å². The Morgan fingerprint density at radius 1 is 1.28 bits per heavy atom. The highest BCUT2D eigenvalue weighted by Crippen LogP contribution is 2.24. The van der Waals surface area contributed by atoms with Crippen LogP contribution in [0.25, 0.3) is 10.9 Å². The van der Waals surface area contributed by atoms with Crippen molar-refractivity contribution >= 4 is 51.0 Å². The molecule has 3 heterocycles. The maximum absolute atomic E-state index is 13.5. The lowest BCUT2D eigenvalue weighted by Gasteiger charge is -2.34. The van der Waals surface area contributed by atoms with Gasteiger partial charge in [0.05, 0.1) is 17.5 Å². The summed E-state index contributed by atoms with van der Waals surface area (Å²) in [6.45, 7) is 5.44. The number of nitrogens with one attached hydrogen (secondary N) is 2. The van der Waals surface area contributed by atoms with Gasteiger partial charge in [-0.05, 0) is 55.6 Å². The summed E-state index contributed by atoms with van der Waals surface area (Å²) in [5.74, 6) is 1.81. The highest BCUT2D eigenvalue weighted by Gasteiger charge is 2.32. The van der Waals surface area contributed by atoms with Crippen LogP contribution in [0.15, 0.2) is 47.9 Å². The van der Waals surface area contributed by atoms with Crippen LogP contribution in [0.2, 0.25) is 0 Å². The molecule has 1 saturated heterocycles. The van der Waals surface area contributed by atoms with Crippen molar-refractivity contribution in [2.75, 3.05) is 18.8 Å². The zero-order valence-corrected chi connectivity index (χ0v) is 23.1. The molecule has 2 aromatic heterocycles. The van der Waals surface area contributed by atoms with Gasteiger partial charge in [-0.3, -0.25) is 9.78 Å². The van der Waals surface area contributed by atoms with Gasteiger partial charge in [-0.25, -0.2) is 13.4 Å². The lowest BCUT2D eigenvalue weighted by Crippen LogP contribution is -2.50. The van der Waals surface area contributed by atoms with Crippen LogP contribution in [0.1, 0.15) is 43.9 Å². The summed E-state index contributed by atoms with van der Waals surface area (Å²) in [7, 11) is -3.97. The van der Waals surface area contributed by atoms with E-state index in [-0.39, 0.29) is 23.2 Å². The molecule has 2 N–H and O–H groups in total. The van der Waals surface area contributed by atoms with Crippen LogP contribution >= 0.6 is 24.2 Å². The molecule has 1 fully saturated rings. The predicted octanol–water partition coefficient (Wildman–Crippen LogP) is 4.31. The van der Waals surface area contributed by atoms with E-state index in [1.54, 1.807) is 36.4 Å². The van der Waals surface area contributed by atoms with Crippen molar-refractivity contribution in [3.8, 4) is 0 Å². The Kier molecular flexibility index (Phi) is 10.2. The molecule has 0 aliphatic carbocycles. The maximum Gasteiger partial charge on any atom is 0.243 e. The average Bonchev–Trinajstić information content (AvgIpc) is 3.38. The molecule has 1 atom stereocenters. The molecular formula is C25H34ClN5O3S2. The highest BCUT2D eigenvalue weighted by atomic mass is 35.5. The standard InChI is InChI=1S/C25H33N5O3S2.ClH/c1-3-19-7-10-30(11-8-19)25(31)22(9-12-34-16-21-15-26-17-28-21)29-35(32,33)23-6-4-5-20-13-18(2)14-27-24(20)23;/h4-6,13-15,17,19,22,29H,3,7-12,16H2,1-2H3,(H,26,28);1H/t22-;/m0./s1. The van der Waals surface area contributed by atoms with E-state index in [0.29, 0.717) is 42.5 Å². The van der Waals surface area contributed by atoms with E-state index in [0.717, 1.165) is 35.9 Å². The van der Waals surface area contributed by atoms with Crippen LogP contribution in [0.5, 0.6) is 0 Å². The third kappa shape index (κ3) is 7.00.